The van der Waals surface area contributed by atoms with Gasteiger partial charge in [-0.05, 0) is 45.4 Å². The Morgan fingerprint density at radius 2 is 1.93 bits per heavy atom. The van der Waals surface area contributed by atoms with Crippen LogP contribution in [0, 0.1) is 0 Å². The first-order chi connectivity index (χ1) is 13.3. The van der Waals surface area contributed by atoms with Crippen LogP contribution in [0.3, 0.4) is 0 Å². The molecule has 0 bridgehead atoms. The molecule has 134 valence electrons. The highest BCUT2D eigenvalue weighted by molar-refractivity contribution is 6.02. The van der Waals surface area contributed by atoms with Gasteiger partial charge in [0.2, 0.25) is 5.76 Å². The van der Waals surface area contributed by atoms with Gasteiger partial charge in [-0.25, -0.2) is 4.68 Å². The van der Waals surface area contributed by atoms with Crippen LogP contribution in [0.25, 0.3) is 5.69 Å². The molecule has 9 nitrogen and oxygen atoms in total. The van der Waals surface area contributed by atoms with Gasteiger partial charge in [0.25, 0.3) is 11.8 Å². The molecule has 4 aromatic rings. The quantitative estimate of drug-likeness (QED) is 0.561. The van der Waals surface area contributed by atoms with E-state index in [1.165, 1.54) is 17.1 Å². The molecule has 27 heavy (non-hydrogen) atoms. The number of rotatable bonds is 6. The third kappa shape index (κ3) is 3.98. The van der Waals surface area contributed by atoms with E-state index < -0.39 is 5.91 Å². The van der Waals surface area contributed by atoms with E-state index in [4.69, 9.17) is 9.26 Å². The number of anilines is 1. The molecule has 0 fully saturated rings. The maximum absolute atomic E-state index is 12.3. The fourth-order valence-corrected chi connectivity index (χ4v) is 2.34. The minimum absolute atomic E-state index is 0.0580. The molecule has 1 amide bonds. The molecule has 0 radical (unpaired) electrons. The molecule has 0 aliphatic rings. The summed E-state index contributed by atoms with van der Waals surface area (Å²) in [6, 6.07) is 18.1. The number of benzene rings is 2. The van der Waals surface area contributed by atoms with Crippen molar-refractivity contribution >= 4 is 11.6 Å². The van der Waals surface area contributed by atoms with Gasteiger partial charge in [-0.2, -0.15) is 0 Å². The Bertz CT molecular complexity index is 1010. The van der Waals surface area contributed by atoms with Gasteiger partial charge in [0.1, 0.15) is 12.9 Å². The zero-order valence-corrected chi connectivity index (χ0v) is 14.0. The molecule has 9 heteroatoms. The first kappa shape index (κ1) is 16.5. The number of amides is 1. The molecular weight excluding hydrogens is 348 g/mol. The highest BCUT2D eigenvalue weighted by Gasteiger charge is 2.14. The van der Waals surface area contributed by atoms with E-state index in [2.05, 4.69) is 26.0 Å². The van der Waals surface area contributed by atoms with Crippen LogP contribution in [0.2, 0.25) is 0 Å². The monoisotopic (exact) mass is 362 g/mol. The largest absolute Gasteiger partial charge is 0.471 e. The predicted molar refractivity (Wildman–Crippen MR) is 94.4 cm³/mol. The molecule has 2 heterocycles. The van der Waals surface area contributed by atoms with Gasteiger partial charge in [-0.15, -0.1) is 5.10 Å². The van der Waals surface area contributed by atoms with Crippen molar-refractivity contribution in [1.29, 1.82) is 0 Å². The highest BCUT2D eigenvalue weighted by Crippen LogP contribution is 2.17. The SMILES string of the molecule is O=C(Nc1ccc(-n2cnnn2)cc1)c1cc(OCc2ccccc2)no1. The van der Waals surface area contributed by atoms with Gasteiger partial charge in [0.05, 0.1) is 11.8 Å². The second kappa shape index (κ2) is 7.48. The van der Waals surface area contributed by atoms with Gasteiger partial charge in [-0.3, -0.25) is 4.79 Å². The van der Waals surface area contributed by atoms with Crippen molar-refractivity contribution in [3.05, 3.63) is 78.3 Å². The van der Waals surface area contributed by atoms with Crippen molar-refractivity contribution < 1.29 is 14.1 Å². The Morgan fingerprint density at radius 1 is 1.11 bits per heavy atom. The lowest BCUT2D eigenvalue weighted by molar-refractivity contribution is 0.0987. The van der Waals surface area contributed by atoms with Crippen LogP contribution in [0.5, 0.6) is 5.88 Å². The molecule has 0 saturated heterocycles. The normalized spacial score (nSPS) is 10.5. The average molecular weight is 362 g/mol. The number of tetrazole rings is 1. The van der Waals surface area contributed by atoms with Crippen LogP contribution in [-0.4, -0.2) is 31.3 Å². The second-order valence-corrected chi connectivity index (χ2v) is 5.56. The summed E-state index contributed by atoms with van der Waals surface area (Å²) in [5, 5.41) is 17.4. The van der Waals surface area contributed by atoms with Crippen molar-refractivity contribution in [2.75, 3.05) is 5.32 Å². The van der Waals surface area contributed by atoms with E-state index in [9.17, 15) is 4.79 Å². The summed E-state index contributed by atoms with van der Waals surface area (Å²) >= 11 is 0. The summed E-state index contributed by atoms with van der Waals surface area (Å²) in [5.41, 5.74) is 2.36. The Hall–Kier alpha value is -4.01. The second-order valence-electron chi connectivity index (χ2n) is 5.56. The topological polar surface area (TPSA) is 108 Å². The van der Waals surface area contributed by atoms with Gasteiger partial charge in [-0.1, -0.05) is 30.3 Å². The number of carbonyl (C=O) groups is 1. The Kier molecular flexibility index (Phi) is 4.56. The maximum atomic E-state index is 12.3. The molecule has 0 aliphatic carbocycles. The predicted octanol–water partition coefficient (Wildman–Crippen LogP) is 2.48. The first-order valence-electron chi connectivity index (χ1n) is 8.06. The molecule has 0 atom stereocenters. The zero-order valence-electron chi connectivity index (χ0n) is 14.0. The summed E-state index contributed by atoms with van der Waals surface area (Å²) in [7, 11) is 0. The molecular formula is C18H14N6O3. The maximum Gasteiger partial charge on any atom is 0.294 e. The number of carbonyl (C=O) groups excluding carboxylic acids is 1. The third-order valence-corrected chi connectivity index (χ3v) is 3.68. The summed E-state index contributed by atoms with van der Waals surface area (Å²) < 4.78 is 12.1. The third-order valence-electron chi connectivity index (χ3n) is 3.68. The molecule has 1 N–H and O–H groups in total. The standard InChI is InChI=1S/C18H14N6O3/c25-18(20-14-6-8-15(9-7-14)24-12-19-22-23-24)16-10-17(21-27-16)26-11-13-4-2-1-3-5-13/h1-10,12H,11H2,(H,20,25). The van der Waals surface area contributed by atoms with Gasteiger partial charge >= 0.3 is 0 Å². The van der Waals surface area contributed by atoms with Crippen LogP contribution in [0.4, 0.5) is 5.69 Å². The van der Waals surface area contributed by atoms with Crippen molar-refractivity contribution in [2.24, 2.45) is 0 Å². The van der Waals surface area contributed by atoms with E-state index in [1.54, 1.807) is 24.3 Å². The van der Waals surface area contributed by atoms with Crippen LogP contribution >= 0.6 is 0 Å². The smallest absolute Gasteiger partial charge is 0.294 e. The summed E-state index contributed by atoms with van der Waals surface area (Å²) in [5.74, 6) is -0.118. The molecule has 0 spiro atoms. The number of nitrogens with one attached hydrogen (secondary N) is 1. The van der Waals surface area contributed by atoms with Gasteiger partial charge < -0.3 is 14.6 Å². The Morgan fingerprint density at radius 3 is 2.67 bits per heavy atom. The fraction of sp³-hybridized carbons (Fsp3) is 0.0556. The van der Waals surface area contributed by atoms with E-state index in [1.807, 2.05) is 30.3 Å². The number of ether oxygens (including phenoxy) is 1. The van der Waals surface area contributed by atoms with Gasteiger partial charge in [0.15, 0.2) is 0 Å². The van der Waals surface area contributed by atoms with Crippen molar-refractivity contribution in [3.63, 3.8) is 0 Å². The van der Waals surface area contributed by atoms with E-state index in [0.29, 0.717) is 12.3 Å². The van der Waals surface area contributed by atoms with Crippen LogP contribution in [0.15, 0.2) is 71.5 Å². The molecule has 0 saturated carbocycles. The minimum atomic E-state index is -0.424. The van der Waals surface area contributed by atoms with Crippen molar-refractivity contribution in [1.82, 2.24) is 25.4 Å². The first-order valence-corrected chi connectivity index (χ1v) is 8.06. The van der Waals surface area contributed by atoms with Gasteiger partial charge in [0, 0.05) is 5.69 Å². The molecule has 4 rings (SSSR count). The Labute approximate surface area is 153 Å². The lowest BCUT2D eigenvalue weighted by Crippen LogP contribution is -2.10. The number of nitrogens with zero attached hydrogens (tertiary/aromatic N) is 5. The van der Waals surface area contributed by atoms with Crippen molar-refractivity contribution in [2.45, 2.75) is 6.61 Å². The fourth-order valence-electron chi connectivity index (χ4n) is 2.34. The van der Waals surface area contributed by atoms with E-state index in [0.717, 1.165) is 11.3 Å². The van der Waals surface area contributed by atoms with Crippen molar-refractivity contribution in [3.8, 4) is 11.6 Å². The number of hydrogen-bond acceptors (Lipinski definition) is 7. The van der Waals surface area contributed by atoms with E-state index in [-0.39, 0.29) is 11.6 Å². The number of hydrogen-bond donors (Lipinski definition) is 1. The molecule has 0 unspecified atom stereocenters. The van der Waals surface area contributed by atoms with Crippen LogP contribution in [-0.2, 0) is 6.61 Å². The average Bonchev–Trinajstić information content (AvgIpc) is 3.40. The number of aromatic nitrogens is 5. The minimum Gasteiger partial charge on any atom is -0.471 e. The zero-order chi connectivity index (χ0) is 18.5. The molecule has 2 aromatic heterocycles. The highest BCUT2D eigenvalue weighted by atomic mass is 16.5. The van der Waals surface area contributed by atoms with Crippen LogP contribution < -0.4 is 10.1 Å². The van der Waals surface area contributed by atoms with Crippen LogP contribution in [0.1, 0.15) is 16.1 Å². The summed E-state index contributed by atoms with van der Waals surface area (Å²) in [6.45, 7) is 0.340. The molecule has 2 aromatic carbocycles. The lowest BCUT2D eigenvalue weighted by Gasteiger charge is -2.04. The summed E-state index contributed by atoms with van der Waals surface area (Å²) in [4.78, 5) is 12.3. The Balaban J connectivity index is 1.36. The summed E-state index contributed by atoms with van der Waals surface area (Å²) in [6.07, 6.45) is 1.49. The molecule has 0 aliphatic heterocycles. The lowest BCUT2D eigenvalue weighted by atomic mass is 10.2. The van der Waals surface area contributed by atoms with E-state index >= 15 is 0 Å².